The van der Waals surface area contributed by atoms with Gasteiger partial charge in [-0.3, -0.25) is 0 Å². The van der Waals surface area contributed by atoms with Crippen molar-refractivity contribution in [2.45, 2.75) is 46.6 Å². The Kier molecular flexibility index (Phi) is 6.48. The molecule has 0 aliphatic heterocycles. The molecule has 1 nitrogen and oxygen atoms in total. The second kappa shape index (κ2) is 7.63. The Balaban J connectivity index is 2.71. The fourth-order valence-electron chi connectivity index (χ4n) is 1.70. The molecule has 0 radical (unpaired) electrons. The summed E-state index contributed by atoms with van der Waals surface area (Å²) in [5.41, 5.74) is 1.35. The number of ether oxygens (including phenoxy) is 1. The monoisotopic (exact) mass is 310 g/mol. The SMILES string of the molecule is CCC(C)C(CC=C(C)C)Oc1ccc(Br)cc1. The molecule has 0 amide bonds. The highest BCUT2D eigenvalue weighted by Crippen LogP contribution is 2.22. The molecule has 18 heavy (non-hydrogen) atoms. The van der Waals surface area contributed by atoms with Crippen LogP contribution in [-0.4, -0.2) is 6.10 Å². The van der Waals surface area contributed by atoms with Crippen LogP contribution in [0.15, 0.2) is 40.4 Å². The van der Waals surface area contributed by atoms with Crippen molar-refractivity contribution in [1.82, 2.24) is 0 Å². The van der Waals surface area contributed by atoms with E-state index in [4.69, 9.17) is 4.74 Å². The van der Waals surface area contributed by atoms with Crippen molar-refractivity contribution in [2.24, 2.45) is 5.92 Å². The summed E-state index contributed by atoms with van der Waals surface area (Å²) in [6.07, 6.45) is 4.63. The molecule has 2 unspecified atom stereocenters. The smallest absolute Gasteiger partial charge is 0.119 e. The number of hydrogen-bond donors (Lipinski definition) is 0. The first-order valence-corrected chi connectivity index (χ1v) is 7.37. The lowest BCUT2D eigenvalue weighted by Crippen LogP contribution is -2.24. The van der Waals surface area contributed by atoms with Gasteiger partial charge >= 0.3 is 0 Å². The van der Waals surface area contributed by atoms with Gasteiger partial charge in [-0.05, 0) is 44.0 Å². The molecule has 2 heteroatoms. The Morgan fingerprint density at radius 3 is 2.39 bits per heavy atom. The summed E-state index contributed by atoms with van der Waals surface area (Å²) in [6.45, 7) is 8.73. The van der Waals surface area contributed by atoms with Crippen LogP contribution in [0, 0.1) is 5.92 Å². The van der Waals surface area contributed by atoms with Crippen molar-refractivity contribution in [3.63, 3.8) is 0 Å². The van der Waals surface area contributed by atoms with Crippen LogP contribution in [0.3, 0.4) is 0 Å². The van der Waals surface area contributed by atoms with Crippen LogP contribution >= 0.6 is 15.9 Å². The van der Waals surface area contributed by atoms with E-state index in [2.05, 4.69) is 49.7 Å². The first-order chi connectivity index (χ1) is 8.52. The highest BCUT2D eigenvalue weighted by molar-refractivity contribution is 9.10. The summed E-state index contributed by atoms with van der Waals surface area (Å²) in [7, 11) is 0. The van der Waals surface area contributed by atoms with Crippen LogP contribution in [-0.2, 0) is 0 Å². The first kappa shape index (κ1) is 15.3. The van der Waals surface area contributed by atoms with Crippen LogP contribution < -0.4 is 4.74 Å². The molecule has 0 spiro atoms. The predicted octanol–water partition coefficient (Wildman–Crippen LogP) is 5.60. The molecule has 1 rings (SSSR count). The minimum Gasteiger partial charge on any atom is -0.490 e. The van der Waals surface area contributed by atoms with Crippen LogP contribution in [0.4, 0.5) is 0 Å². The highest BCUT2D eigenvalue weighted by Gasteiger charge is 2.16. The lowest BCUT2D eigenvalue weighted by molar-refractivity contribution is 0.142. The molecule has 0 aliphatic rings. The van der Waals surface area contributed by atoms with E-state index in [1.807, 2.05) is 24.3 Å². The molecular formula is C16H23BrO. The molecule has 0 saturated carbocycles. The number of allylic oxidation sites excluding steroid dienone is 1. The quantitative estimate of drug-likeness (QED) is 0.621. The van der Waals surface area contributed by atoms with Gasteiger partial charge in [-0.2, -0.15) is 0 Å². The first-order valence-electron chi connectivity index (χ1n) is 6.58. The Morgan fingerprint density at radius 1 is 1.28 bits per heavy atom. The van der Waals surface area contributed by atoms with E-state index >= 15 is 0 Å². The van der Waals surface area contributed by atoms with Gasteiger partial charge in [-0.15, -0.1) is 0 Å². The number of hydrogen-bond acceptors (Lipinski definition) is 1. The zero-order chi connectivity index (χ0) is 13.5. The standard InChI is InChI=1S/C16H23BrO/c1-5-13(4)16(11-6-12(2)3)18-15-9-7-14(17)8-10-15/h6-10,13,16H,5,11H2,1-4H3. The van der Waals surface area contributed by atoms with Crippen LogP contribution in [0.5, 0.6) is 5.75 Å². The Labute approximate surface area is 119 Å². The van der Waals surface area contributed by atoms with E-state index in [0.717, 1.165) is 23.1 Å². The Bertz CT molecular complexity index is 377. The summed E-state index contributed by atoms with van der Waals surface area (Å²) in [4.78, 5) is 0. The van der Waals surface area contributed by atoms with Crippen molar-refractivity contribution in [2.75, 3.05) is 0 Å². The third kappa shape index (κ3) is 5.26. The highest BCUT2D eigenvalue weighted by atomic mass is 79.9. The molecule has 0 saturated heterocycles. The number of benzene rings is 1. The van der Waals surface area contributed by atoms with Crippen molar-refractivity contribution in [1.29, 1.82) is 0 Å². The van der Waals surface area contributed by atoms with Crippen LogP contribution in [0.2, 0.25) is 0 Å². The van der Waals surface area contributed by atoms with Gasteiger partial charge in [0.15, 0.2) is 0 Å². The molecule has 0 fully saturated rings. The van der Waals surface area contributed by atoms with Crippen molar-refractivity contribution in [3.05, 3.63) is 40.4 Å². The summed E-state index contributed by atoms with van der Waals surface area (Å²) in [5.74, 6) is 1.51. The largest absolute Gasteiger partial charge is 0.490 e. The van der Waals surface area contributed by atoms with Gasteiger partial charge in [0.25, 0.3) is 0 Å². The molecule has 0 bridgehead atoms. The van der Waals surface area contributed by atoms with Crippen LogP contribution in [0.1, 0.15) is 40.5 Å². The van der Waals surface area contributed by atoms with Gasteiger partial charge in [0.05, 0.1) is 0 Å². The minimum absolute atomic E-state index is 0.256. The summed E-state index contributed by atoms with van der Waals surface area (Å²) >= 11 is 3.44. The maximum atomic E-state index is 6.11. The minimum atomic E-state index is 0.256. The van der Waals surface area contributed by atoms with Gasteiger partial charge < -0.3 is 4.74 Å². The molecule has 1 aromatic rings. The molecule has 0 N–H and O–H groups in total. The molecule has 2 atom stereocenters. The normalized spacial score (nSPS) is 13.8. The van der Waals surface area contributed by atoms with E-state index < -0.39 is 0 Å². The fraction of sp³-hybridized carbons (Fsp3) is 0.500. The molecule has 0 aliphatic carbocycles. The maximum Gasteiger partial charge on any atom is 0.119 e. The molecule has 100 valence electrons. The van der Waals surface area contributed by atoms with Gasteiger partial charge in [0.2, 0.25) is 0 Å². The summed E-state index contributed by atoms with van der Waals surface area (Å²) in [5, 5.41) is 0. The molecule has 1 aromatic carbocycles. The predicted molar refractivity (Wildman–Crippen MR) is 82.1 cm³/mol. The second-order valence-electron chi connectivity index (χ2n) is 5.01. The topological polar surface area (TPSA) is 9.23 Å². The summed E-state index contributed by atoms with van der Waals surface area (Å²) in [6, 6.07) is 8.07. The molecule has 0 heterocycles. The maximum absolute atomic E-state index is 6.11. The Hall–Kier alpha value is -0.760. The summed E-state index contributed by atoms with van der Waals surface area (Å²) < 4.78 is 7.19. The average Bonchev–Trinajstić information content (AvgIpc) is 2.35. The van der Waals surface area contributed by atoms with Gasteiger partial charge in [-0.25, -0.2) is 0 Å². The van der Waals surface area contributed by atoms with Crippen LogP contribution in [0.25, 0.3) is 0 Å². The second-order valence-corrected chi connectivity index (χ2v) is 5.93. The van der Waals surface area contributed by atoms with E-state index in [9.17, 15) is 0 Å². The van der Waals surface area contributed by atoms with E-state index in [-0.39, 0.29) is 6.10 Å². The molecule has 0 aromatic heterocycles. The number of rotatable bonds is 6. The average molecular weight is 311 g/mol. The van der Waals surface area contributed by atoms with Gasteiger partial charge in [0.1, 0.15) is 11.9 Å². The molecular weight excluding hydrogens is 288 g/mol. The zero-order valence-electron chi connectivity index (χ0n) is 11.7. The van der Waals surface area contributed by atoms with Crippen molar-refractivity contribution < 1.29 is 4.74 Å². The van der Waals surface area contributed by atoms with Crippen molar-refractivity contribution in [3.8, 4) is 5.75 Å². The zero-order valence-corrected chi connectivity index (χ0v) is 13.3. The third-order valence-corrected chi connectivity index (χ3v) is 3.67. The lowest BCUT2D eigenvalue weighted by atomic mass is 9.98. The fourth-order valence-corrected chi connectivity index (χ4v) is 1.96. The van der Waals surface area contributed by atoms with E-state index in [1.54, 1.807) is 0 Å². The van der Waals surface area contributed by atoms with E-state index in [1.165, 1.54) is 5.57 Å². The van der Waals surface area contributed by atoms with Gasteiger partial charge in [0, 0.05) is 10.9 Å². The third-order valence-electron chi connectivity index (χ3n) is 3.14. The van der Waals surface area contributed by atoms with Gasteiger partial charge in [-0.1, -0.05) is 47.8 Å². The van der Waals surface area contributed by atoms with Crippen molar-refractivity contribution >= 4 is 15.9 Å². The number of halogens is 1. The lowest BCUT2D eigenvalue weighted by Gasteiger charge is -2.23. The Morgan fingerprint density at radius 2 is 1.89 bits per heavy atom. The van der Waals surface area contributed by atoms with E-state index in [0.29, 0.717) is 5.92 Å².